The van der Waals surface area contributed by atoms with Crippen LogP contribution >= 0.6 is 7.75 Å². The van der Waals surface area contributed by atoms with Crippen LogP contribution in [0.1, 0.15) is 44.0 Å². The molecule has 47 heavy (non-hydrogen) atoms. The minimum absolute atomic E-state index is 0.0170. The Hall–Kier alpha value is -4.40. The summed E-state index contributed by atoms with van der Waals surface area (Å²) in [6.45, 7) is 3.18. The van der Waals surface area contributed by atoms with Crippen LogP contribution in [0.5, 0.6) is 5.75 Å². The number of aryl methyl sites for hydroxylation is 1. The van der Waals surface area contributed by atoms with Crippen LogP contribution in [0.25, 0.3) is 11.2 Å². The summed E-state index contributed by atoms with van der Waals surface area (Å²) in [6, 6.07) is 14.8. The van der Waals surface area contributed by atoms with Crippen molar-refractivity contribution in [3.63, 3.8) is 0 Å². The Morgan fingerprint density at radius 3 is 2.68 bits per heavy atom. The van der Waals surface area contributed by atoms with E-state index < -0.39 is 38.2 Å². The first kappa shape index (κ1) is 33.9. The van der Waals surface area contributed by atoms with Gasteiger partial charge in [0.05, 0.1) is 25.6 Å². The molecule has 1 aliphatic rings. The number of para-hydroxylation sites is 1. The summed E-state index contributed by atoms with van der Waals surface area (Å²) in [4.78, 5) is 37.3. The smallest absolute Gasteiger partial charge is 0.459 e. The first-order valence-corrected chi connectivity index (χ1v) is 16.6. The predicted molar refractivity (Wildman–Crippen MR) is 169 cm³/mol. The Morgan fingerprint density at radius 1 is 1.13 bits per heavy atom. The number of ether oxygens (including phenoxy) is 3. The van der Waals surface area contributed by atoms with Crippen molar-refractivity contribution in [2.45, 2.75) is 64.2 Å². The summed E-state index contributed by atoms with van der Waals surface area (Å²) in [7, 11) is -4.32. The first-order chi connectivity index (χ1) is 22.7. The Balaban J connectivity index is 1.30. The van der Waals surface area contributed by atoms with Crippen molar-refractivity contribution in [1.29, 1.82) is 0 Å². The summed E-state index contributed by atoms with van der Waals surface area (Å²) >= 11 is 0. The van der Waals surface area contributed by atoms with Crippen LogP contribution in [0.2, 0.25) is 0 Å². The van der Waals surface area contributed by atoms with Gasteiger partial charge in [0, 0.05) is 12.8 Å². The molecular weight excluding hydrogens is 631 g/mol. The maximum absolute atomic E-state index is 14.3. The van der Waals surface area contributed by atoms with Crippen LogP contribution in [0.15, 0.2) is 67.3 Å². The molecule has 1 fully saturated rings. The number of nitrogen functional groups attached to an aromatic ring is 1. The van der Waals surface area contributed by atoms with E-state index in [-0.39, 0.29) is 56.6 Å². The van der Waals surface area contributed by atoms with Gasteiger partial charge in [-0.15, -0.1) is 0 Å². The lowest BCUT2D eigenvalue weighted by Crippen LogP contribution is -2.35. The fraction of sp³-hybridized carbons (Fsp3) is 0.387. The van der Waals surface area contributed by atoms with Crippen LogP contribution in [0.3, 0.4) is 0 Å². The van der Waals surface area contributed by atoms with Crippen molar-refractivity contribution in [2.75, 3.05) is 18.9 Å². The van der Waals surface area contributed by atoms with Crippen LogP contribution in [-0.2, 0) is 45.9 Å². The summed E-state index contributed by atoms with van der Waals surface area (Å²) in [5.41, 5.74) is 7.99. The minimum atomic E-state index is -4.32. The molecular formula is C31H37N6O9P. The number of esters is 2. The van der Waals surface area contributed by atoms with Crippen LogP contribution in [0.4, 0.5) is 5.82 Å². The lowest BCUT2D eigenvalue weighted by molar-refractivity contribution is -0.146. The molecule has 0 bridgehead atoms. The molecule has 15 nitrogen and oxygen atoms in total. The van der Waals surface area contributed by atoms with Gasteiger partial charge in [-0.2, -0.15) is 5.09 Å². The Labute approximate surface area is 271 Å². The van der Waals surface area contributed by atoms with Gasteiger partial charge in [0.25, 0.3) is 0 Å². The number of carbonyl (C=O) groups excluding carboxylic acids is 2. The number of benzene rings is 2. The Bertz CT molecular complexity index is 1720. The molecule has 2 unspecified atom stereocenters. The fourth-order valence-corrected chi connectivity index (χ4v) is 6.52. The van der Waals surface area contributed by atoms with Gasteiger partial charge < -0.3 is 29.6 Å². The predicted octanol–water partition coefficient (Wildman–Crippen LogP) is 3.48. The molecule has 16 heteroatoms. The molecule has 250 valence electrons. The number of nitrogens with two attached hydrogens (primary N) is 1. The third-order valence-corrected chi connectivity index (χ3v) is 8.91. The van der Waals surface area contributed by atoms with Crippen molar-refractivity contribution >= 4 is 36.7 Å². The van der Waals surface area contributed by atoms with Gasteiger partial charge >= 0.3 is 19.7 Å². The van der Waals surface area contributed by atoms with Gasteiger partial charge in [0.15, 0.2) is 17.7 Å². The highest BCUT2D eigenvalue weighted by atomic mass is 31.2. The minimum Gasteiger partial charge on any atom is -0.466 e. The van der Waals surface area contributed by atoms with E-state index in [0.29, 0.717) is 16.7 Å². The summed E-state index contributed by atoms with van der Waals surface area (Å²) in [5.74, 6) is -0.701. The molecule has 0 radical (unpaired) electrons. The topological polar surface area (TPSA) is 199 Å². The summed E-state index contributed by atoms with van der Waals surface area (Å²) in [6.07, 6.45) is 0.569. The van der Waals surface area contributed by atoms with E-state index in [1.165, 1.54) is 24.1 Å². The van der Waals surface area contributed by atoms with E-state index in [2.05, 4.69) is 20.0 Å². The molecule has 0 amide bonds. The van der Waals surface area contributed by atoms with Crippen molar-refractivity contribution in [1.82, 2.24) is 24.6 Å². The van der Waals surface area contributed by atoms with Gasteiger partial charge in [-0.1, -0.05) is 48.5 Å². The van der Waals surface area contributed by atoms with E-state index >= 15 is 0 Å². The number of carbonyl (C=O) groups is 2. The summed E-state index contributed by atoms with van der Waals surface area (Å²) < 4.78 is 44.2. The van der Waals surface area contributed by atoms with E-state index in [4.69, 9.17) is 29.0 Å². The van der Waals surface area contributed by atoms with Gasteiger partial charge in [0.2, 0.25) is 0 Å². The SMILES string of the molecule is CCOC(=O)CCc1ccccc1OP(=O)(N[C@@H](C)C(=O)OCc1ccccc1)OC[C@@H]1CC(O)[C@H](n2cnc3c(N)ncnc32)O1. The highest BCUT2D eigenvalue weighted by Gasteiger charge is 2.40. The van der Waals surface area contributed by atoms with Gasteiger partial charge in [-0.3, -0.25) is 18.7 Å². The van der Waals surface area contributed by atoms with Gasteiger partial charge in [-0.05, 0) is 37.5 Å². The molecule has 3 heterocycles. The summed E-state index contributed by atoms with van der Waals surface area (Å²) in [5, 5.41) is 13.5. The Morgan fingerprint density at radius 2 is 1.89 bits per heavy atom. The number of aliphatic hydroxyl groups excluding tert-OH is 1. The normalized spacial score (nSPS) is 19.6. The van der Waals surface area contributed by atoms with Crippen LogP contribution in [0, 0.1) is 0 Å². The molecule has 2 aromatic carbocycles. The van der Waals surface area contributed by atoms with Crippen molar-refractivity contribution in [3.05, 3.63) is 78.4 Å². The van der Waals surface area contributed by atoms with Gasteiger partial charge in [-0.25, -0.2) is 19.5 Å². The maximum Gasteiger partial charge on any atom is 0.459 e. The zero-order valence-corrected chi connectivity index (χ0v) is 26.8. The molecule has 5 atom stereocenters. The van der Waals surface area contributed by atoms with E-state index in [1.54, 1.807) is 31.2 Å². The molecule has 1 saturated heterocycles. The molecule has 2 aromatic heterocycles. The number of nitrogens with one attached hydrogen (secondary N) is 1. The van der Waals surface area contributed by atoms with Crippen molar-refractivity contribution < 1.29 is 42.5 Å². The number of imidazole rings is 1. The zero-order chi connectivity index (χ0) is 33.4. The average Bonchev–Trinajstić information content (AvgIpc) is 3.66. The number of anilines is 1. The second-order valence-corrected chi connectivity index (χ2v) is 12.5. The molecule has 0 spiro atoms. The molecule has 0 aliphatic carbocycles. The van der Waals surface area contributed by atoms with Crippen molar-refractivity contribution in [3.8, 4) is 5.75 Å². The molecule has 0 saturated carbocycles. The number of aromatic nitrogens is 4. The highest BCUT2D eigenvalue weighted by Crippen LogP contribution is 2.47. The number of hydrogen-bond acceptors (Lipinski definition) is 13. The lowest BCUT2D eigenvalue weighted by Gasteiger charge is -2.25. The molecule has 4 N–H and O–H groups in total. The van der Waals surface area contributed by atoms with Crippen LogP contribution < -0.4 is 15.3 Å². The fourth-order valence-electron chi connectivity index (χ4n) is 4.96. The maximum atomic E-state index is 14.3. The Kier molecular flexibility index (Phi) is 11.2. The molecule has 5 rings (SSSR count). The first-order valence-electron chi connectivity index (χ1n) is 15.1. The lowest BCUT2D eigenvalue weighted by atomic mass is 10.1. The number of rotatable bonds is 15. The molecule has 1 aliphatic heterocycles. The quantitative estimate of drug-likeness (QED) is 0.123. The largest absolute Gasteiger partial charge is 0.466 e. The molecule has 4 aromatic rings. The van der Waals surface area contributed by atoms with E-state index in [0.717, 1.165) is 5.56 Å². The monoisotopic (exact) mass is 668 g/mol. The standard InChI is InChI=1S/C31H37N6O9P/c1-3-42-26(39)14-13-22-11-7-8-12-25(22)46-47(41,36-20(2)31(40)43-16-21-9-5-4-6-10-21)44-17-23-15-24(38)30(45-23)37-19-35-27-28(32)33-18-34-29(27)37/h4-12,18-20,23-24,30,38H,3,13-17H2,1-2H3,(H,36,41)(H2,32,33,34)/t20-,23-,24?,30+,47?/m0/s1. The van der Waals surface area contributed by atoms with Crippen LogP contribution in [-0.4, -0.2) is 68.0 Å². The number of hydrogen-bond donors (Lipinski definition) is 3. The third kappa shape index (κ3) is 8.70. The number of fused-ring (bicyclic) bond motifs is 1. The van der Waals surface area contributed by atoms with Crippen molar-refractivity contribution in [2.24, 2.45) is 0 Å². The second kappa shape index (κ2) is 15.5. The average molecular weight is 669 g/mol. The number of nitrogens with zero attached hydrogens (tertiary/aromatic N) is 4. The third-order valence-electron chi connectivity index (χ3n) is 7.28. The second-order valence-electron chi connectivity index (χ2n) is 10.8. The highest BCUT2D eigenvalue weighted by molar-refractivity contribution is 7.52. The number of aliphatic hydroxyl groups is 1. The van der Waals surface area contributed by atoms with Gasteiger partial charge in [0.1, 0.15) is 36.3 Å². The van der Waals surface area contributed by atoms with E-state index in [9.17, 15) is 19.3 Å². The van der Waals surface area contributed by atoms with E-state index in [1.807, 2.05) is 30.3 Å². The zero-order valence-electron chi connectivity index (χ0n) is 25.9.